The first-order chi connectivity index (χ1) is 12.9. The summed E-state index contributed by atoms with van der Waals surface area (Å²) in [6.45, 7) is 3.37. The number of nitrogens with zero attached hydrogens (tertiary/aromatic N) is 4. The lowest BCUT2D eigenvalue weighted by Crippen LogP contribution is -2.38. The van der Waals surface area contributed by atoms with E-state index in [4.69, 9.17) is 4.74 Å². The van der Waals surface area contributed by atoms with E-state index >= 15 is 0 Å². The highest BCUT2D eigenvalue weighted by molar-refractivity contribution is 5.95. The molecule has 0 spiro atoms. The van der Waals surface area contributed by atoms with Crippen LogP contribution in [-0.2, 0) is 11.8 Å². The van der Waals surface area contributed by atoms with Gasteiger partial charge in [-0.25, -0.2) is 4.68 Å². The molecule has 1 aromatic heterocycles. The van der Waals surface area contributed by atoms with Crippen LogP contribution in [0.2, 0.25) is 0 Å². The molecule has 144 valence electrons. The molecule has 1 atom stereocenters. The first kappa shape index (κ1) is 19.3. The maximum Gasteiger partial charge on any atom is 0.266 e. The summed E-state index contributed by atoms with van der Waals surface area (Å²) in [7, 11) is 5.67. The molecule has 2 aromatic rings. The van der Waals surface area contributed by atoms with Crippen molar-refractivity contribution in [2.75, 3.05) is 46.9 Å². The van der Waals surface area contributed by atoms with Crippen LogP contribution in [0.4, 0.5) is 0 Å². The van der Waals surface area contributed by atoms with Crippen molar-refractivity contribution in [1.82, 2.24) is 19.6 Å². The van der Waals surface area contributed by atoms with Crippen LogP contribution in [0.15, 0.2) is 41.2 Å². The molecular weight excluding hydrogens is 344 g/mol. The molecule has 0 radical (unpaired) electrons. The number of carbonyl (C=O) groups is 1. The zero-order valence-corrected chi connectivity index (χ0v) is 16.1. The highest BCUT2D eigenvalue weighted by Crippen LogP contribution is 2.19. The number of ether oxygens (including phenoxy) is 1. The Labute approximate surface area is 159 Å². The summed E-state index contributed by atoms with van der Waals surface area (Å²) in [4.78, 5) is 28.6. The molecule has 1 fully saturated rings. The largest absolute Gasteiger partial charge is 0.379 e. The Bertz CT molecular complexity index is 862. The smallest absolute Gasteiger partial charge is 0.266 e. The third-order valence-electron chi connectivity index (χ3n) is 4.61. The van der Waals surface area contributed by atoms with Gasteiger partial charge in [-0.1, -0.05) is 12.1 Å². The highest BCUT2D eigenvalue weighted by atomic mass is 16.5. The van der Waals surface area contributed by atoms with Gasteiger partial charge in [-0.15, -0.1) is 0 Å². The van der Waals surface area contributed by atoms with Crippen LogP contribution in [0.3, 0.4) is 0 Å². The summed E-state index contributed by atoms with van der Waals surface area (Å²) < 4.78 is 6.97. The van der Waals surface area contributed by atoms with Crippen molar-refractivity contribution < 1.29 is 9.53 Å². The van der Waals surface area contributed by atoms with Crippen LogP contribution in [0.25, 0.3) is 11.3 Å². The predicted molar refractivity (Wildman–Crippen MR) is 104 cm³/mol. The number of aryl methyl sites for hydroxylation is 1. The second-order valence-corrected chi connectivity index (χ2v) is 7.22. The molecular formula is C20H26N4O3. The van der Waals surface area contributed by atoms with Crippen molar-refractivity contribution in [2.24, 2.45) is 13.0 Å². The zero-order chi connectivity index (χ0) is 19.4. The summed E-state index contributed by atoms with van der Waals surface area (Å²) in [5.74, 6) is 0.288. The maximum atomic E-state index is 13.1. The minimum absolute atomic E-state index is 0.00377. The van der Waals surface area contributed by atoms with Gasteiger partial charge in [0, 0.05) is 49.8 Å². The van der Waals surface area contributed by atoms with Gasteiger partial charge in [0.05, 0.1) is 18.9 Å². The summed E-state index contributed by atoms with van der Waals surface area (Å²) in [5.41, 5.74) is 1.93. The second-order valence-electron chi connectivity index (χ2n) is 7.22. The summed E-state index contributed by atoms with van der Waals surface area (Å²) >= 11 is 0. The molecule has 1 aromatic carbocycles. The van der Waals surface area contributed by atoms with E-state index in [-0.39, 0.29) is 11.5 Å². The zero-order valence-electron chi connectivity index (χ0n) is 16.1. The van der Waals surface area contributed by atoms with Gasteiger partial charge in [-0.05, 0) is 32.3 Å². The van der Waals surface area contributed by atoms with Crippen LogP contribution in [-0.4, -0.2) is 72.4 Å². The molecule has 3 rings (SSSR count). The normalized spacial score (nSPS) is 17.8. The van der Waals surface area contributed by atoms with E-state index in [9.17, 15) is 9.59 Å². The summed E-state index contributed by atoms with van der Waals surface area (Å²) in [6, 6.07) is 10.6. The Kier molecular flexibility index (Phi) is 6.03. The van der Waals surface area contributed by atoms with Gasteiger partial charge in [-0.2, -0.15) is 5.10 Å². The number of aromatic nitrogens is 2. The molecule has 7 heteroatoms. The number of rotatable bonds is 4. The van der Waals surface area contributed by atoms with Crippen LogP contribution in [0, 0.1) is 5.92 Å². The number of hydrogen-bond acceptors (Lipinski definition) is 5. The van der Waals surface area contributed by atoms with E-state index in [2.05, 4.69) is 10.00 Å². The SMILES string of the molecule is CN(C)C[C@@H]1COCCN(C(=O)c2cccc(-c3ccc(=O)n(C)n3)c2)C1. The molecule has 1 saturated heterocycles. The van der Waals surface area contributed by atoms with E-state index in [0.29, 0.717) is 43.5 Å². The Morgan fingerprint density at radius 2 is 2.11 bits per heavy atom. The fourth-order valence-corrected chi connectivity index (χ4v) is 3.34. The lowest BCUT2D eigenvalue weighted by Gasteiger charge is -2.25. The Hall–Kier alpha value is -2.51. The van der Waals surface area contributed by atoms with Crippen LogP contribution in [0.1, 0.15) is 10.4 Å². The second kappa shape index (κ2) is 8.45. The van der Waals surface area contributed by atoms with Gasteiger partial charge < -0.3 is 14.5 Å². The number of benzene rings is 1. The van der Waals surface area contributed by atoms with Crippen molar-refractivity contribution in [3.63, 3.8) is 0 Å². The molecule has 0 aliphatic carbocycles. The van der Waals surface area contributed by atoms with E-state index in [1.54, 1.807) is 13.1 Å². The Balaban J connectivity index is 1.81. The summed E-state index contributed by atoms with van der Waals surface area (Å²) in [5, 5.41) is 4.27. The molecule has 1 aliphatic heterocycles. The fraction of sp³-hybridized carbons (Fsp3) is 0.450. The van der Waals surface area contributed by atoms with Crippen LogP contribution < -0.4 is 5.56 Å². The standard InChI is InChI=1S/C20H26N4O3/c1-22(2)12-15-13-24(9-10-27-14-15)20(26)17-6-4-5-16(11-17)18-7-8-19(25)23(3)21-18/h4-8,11,15H,9-10,12-14H2,1-3H3/t15-/m0/s1. The van der Waals surface area contributed by atoms with E-state index in [0.717, 1.165) is 12.1 Å². The van der Waals surface area contributed by atoms with Crippen molar-refractivity contribution in [3.05, 3.63) is 52.3 Å². The van der Waals surface area contributed by atoms with Gasteiger partial charge in [0.1, 0.15) is 0 Å². The molecule has 0 unspecified atom stereocenters. The predicted octanol–water partition coefficient (Wildman–Crippen LogP) is 1.10. The van der Waals surface area contributed by atoms with Crippen molar-refractivity contribution in [1.29, 1.82) is 0 Å². The minimum atomic E-state index is -0.164. The molecule has 0 saturated carbocycles. The van der Waals surface area contributed by atoms with Crippen molar-refractivity contribution in [2.45, 2.75) is 0 Å². The van der Waals surface area contributed by atoms with E-state index < -0.39 is 0 Å². The molecule has 1 amide bonds. The number of hydrogen-bond donors (Lipinski definition) is 0. The third-order valence-corrected chi connectivity index (χ3v) is 4.61. The van der Waals surface area contributed by atoms with E-state index in [1.165, 1.54) is 10.7 Å². The lowest BCUT2D eigenvalue weighted by atomic mass is 10.1. The average Bonchev–Trinajstić information content (AvgIpc) is 2.88. The maximum absolute atomic E-state index is 13.1. The van der Waals surface area contributed by atoms with Gasteiger partial charge in [0.15, 0.2) is 0 Å². The number of carbonyl (C=O) groups excluding carboxylic acids is 1. The van der Waals surface area contributed by atoms with Crippen molar-refractivity contribution in [3.8, 4) is 11.3 Å². The Morgan fingerprint density at radius 1 is 1.30 bits per heavy atom. The molecule has 7 nitrogen and oxygen atoms in total. The first-order valence-corrected chi connectivity index (χ1v) is 9.10. The highest BCUT2D eigenvalue weighted by Gasteiger charge is 2.24. The fourth-order valence-electron chi connectivity index (χ4n) is 3.34. The average molecular weight is 370 g/mol. The van der Waals surface area contributed by atoms with Gasteiger partial charge in [0.2, 0.25) is 0 Å². The first-order valence-electron chi connectivity index (χ1n) is 9.10. The van der Waals surface area contributed by atoms with Crippen LogP contribution >= 0.6 is 0 Å². The van der Waals surface area contributed by atoms with Crippen molar-refractivity contribution >= 4 is 5.91 Å². The minimum Gasteiger partial charge on any atom is -0.379 e. The van der Waals surface area contributed by atoms with Gasteiger partial charge in [0.25, 0.3) is 11.5 Å². The third kappa shape index (κ3) is 4.81. The summed E-state index contributed by atoms with van der Waals surface area (Å²) in [6.07, 6.45) is 0. The molecule has 2 heterocycles. The molecule has 1 aliphatic rings. The van der Waals surface area contributed by atoms with E-state index in [1.807, 2.05) is 43.3 Å². The van der Waals surface area contributed by atoms with Gasteiger partial charge >= 0.3 is 0 Å². The van der Waals surface area contributed by atoms with Crippen LogP contribution in [0.5, 0.6) is 0 Å². The Morgan fingerprint density at radius 3 is 2.85 bits per heavy atom. The number of amides is 1. The topological polar surface area (TPSA) is 67.7 Å². The van der Waals surface area contributed by atoms with Gasteiger partial charge in [-0.3, -0.25) is 9.59 Å². The molecule has 27 heavy (non-hydrogen) atoms. The quantitative estimate of drug-likeness (QED) is 0.806. The monoisotopic (exact) mass is 370 g/mol. The lowest BCUT2D eigenvalue weighted by molar-refractivity contribution is 0.0735. The molecule has 0 N–H and O–H groups in total. The molecule has 0 bridgehead atoms.